The molecule has 0 saturated carbocycles. The second-order valence-electron chi connectivity index (χ2n) is 5.50. The van der Waals surface area contributed by atoms with Crippen molar-refractivity contribution in [3.05, 3.63) is 41.7 Å². The zero-order valence-corrected chi connectivity index (χ0v) is 15.3. The standard InChI is InChI=1S/C14H15N7.C2H3F3.CH2O/c1-8-2-4-9(5-3-8)17-6-10-7-18-13-11(19-10)12(15)20-14(16)21-13;1-2(3,4)5;1-2/h2-5,7,17H,6H2,1H3,(H4,15,16,18,20,21);1H3;1H2. The lowest BCUT2D eigenvalue weighted by Gasteiger charge is -2.07. The molecular formula is C17H20F3N7O. The first-order valence-electron chi connectivity index (χ1n) is 7.82. The van der Waals surface area contributed by atoms with E-state index in [4.69, 9.17) is 16.3 Å². The lowest BCUT2D eigenvalue weighted by molar-refractivity contribution is -0.110. The number of nitrogen functional groups attached to an aromatic ring is 2. The summed E-state index contributed by atoms with van der Waals surface area (Å²) in [6, 6.07) is 8.12. The Bertz CT molecular complexity index is 896. The van der Waals surface area contributed by atoms with Crippen LogP contribution in [0.15, 0.2) is 30.5 Å². The number of carbonyl (C=O) groups is 1. The van der Waals surface area contributed by atoms with Gasteiger partial charge in [0.2, 0.25) is 5.95 Å². The van der Waals surface area contributed by atoms with E-state index in [1.807, 2.05) is 38.0 Å². The Morgan fingerprint density at radius 3 is 2.21 bits per heavy atom. The van der Waals surface area contributed by atoms with E-state index in [-0.39, 0.29) is 18.7 Å². The highest BCUT2D eigenvalue weighted by Gasteiger charge is 2.15. The van der Waals surface area contributed by atoms with E-state index in [0.717, 1.165) is 11.4 Å². The van der Waals surface area contributed by atoms with Crippen molar-refractivity contribution in [3.8, 4) is 0 Å². The normalized spacial score (nSPS) is 10.3. The van der Waals surface area contributed by atoms with Crippen molar-refractivity contribution >= 4 is 35.4 Å². The summed E-state index contributed by atoms with van der Waals surface area (Å²) >= 11 is 0. The Kier molecular flexibility index (Phi) is 8.05. The highest BCUT2D eigenvalue weighted by atomic mass is 19.4. The number of nitrogens with one attached hydrogen (secondary N) is 1. The van der Waals surface area contributed by atoms with Crippen LogP contribution in [-0.4, -0.2) is 32.9 Å². The van der Waals surface area contributed by atoms with Gasteiger partial charge in [-0.25, -0.2) is 9.97 Å². The van der Waals surface area contributed by atoms with Gasteiger partial charge in [-0.05, 0) is 19.1 Å². The number of alkyl halides is 3. The molecule has 0 saturated heterocycles. The third-order valence-electron chi connectivity index (χ3n) is 3.03. The fourth-order valence-corrected chi connectivity index (χ4v) is 1.93. The van der Waals surface area contributed by atoms with Gasteiger partial charge in [-0.3, -0.25) is 0 Å². The lowest BCUT2D eigenvalue weighted by atomic mass is 10.2. The first-order chi connectivity index (χ1) is 13.1. The Labute approximate surface area is 159 Å². The molecule has 28 heavy (non-hydrogen) atoms. The Hall–Kier alpha value is -3.50. The lowest BCUT2D eigenvalue weighted by Crippen LogP contribution is -2.06. The zero-order chi connectivity index (χ0) is 21.3. The minimum atomic E-state index is -4.00. The zero-order valence-electron chi connectivity index (χ0n) is 15.3. The maximum atomic E-state index is 10.4. The smallest absolute Gasteiger partial charge is 0.382 e. The number of nitrogens with two attached hydrogens (primary N) is 2. The van der Waals surface area contributed by atoms with Crippen LogP contribution < -0.4 is 16.8 Å². The third kappa shape index (κ3) is 7.81. The van der Waals surface area contributed by atoms with Gasteiger partial charge in [0.1, 0.15) is 6.79 Å². The molecule has 3 aromatic rings. The van der Waals surface area contributed by atoms with Crippen LogP contribution in [0.25, 0.3) is 11.2 Å². The topological polar surface area (TPSA) is 133 Å². The van der Waals surface area contributed by atoms with Gasteiger partial charge in [-0.2, -0.15) is 23.1 Å². The second kappa shape index (κ2) is 10.00. The molecule has 5 N–H and O–H groups in total. The molecule has 0 radical (unpaired) electrons. The number of nitrogens with zero attached hydrogens (tertiary/aromatic N) is 4. The number of hydrogen-bond acceptors (Lipinski definition) is 8. The van der Waals surface area contributed by atoms with Gasteiger partial charge in [0.15, 0.2) is 17.0 Å². The highest BCUT2D eigenvalue weighted by Crippen LogP contribution is 2.15. The van der Waals surface area contributed by atoms with Crippen LogP contribution in [-0.2, 0) is 11.3 Å². The predicted octanol–water partition coefficient (Wildman–Crippen LogP) is 2.89. The van der Waals surface area contributed by atoms with Crippen molar-refractivity contribution in [3.63, 3.8) is 0 Å². The minimum Gasteiger partial charge on any atom is -0.382 e. The Morgan fingerprint density at radius 1 is 1.07 bits per heavy atom. The van der Waals surface area contributed by atoms with Crippen molar-refractivity contribution in [2.75, 3.05) is 16.8 Å². The molecule has 0 aliphatic heterocycles. The summed E-state index contributed by atoms with van der Waals surface area (Å²) in [5.41, 5.74) is 15.2. The molecule has 150 valence electrons. The van der Waals surface area contributed by atoms with Gasteiger partial charge >= 0.3 is 6.18 Å². The molecule has 0 amide bonds. The van der Waals surface area contributed by atoms with Crippen LogP contribution >= 0.6 is 0 Å². The molecule has 2 heterocycles. The number of fused-ring (bicyclic) bond motifs is 1. The molecule has 0 aliphatic carbocycles. The number of benzene rings is 1. The van der Waals surface area contributed by atoms with Crippen molar-refractivity contribution < 1.29 is 18.0 Å². The van der Waals surface area contributed by atoms with Gasteiger partial charge in [0.05, 0.1) is 18.4 Å². The minimum absolute atomic E-state index is 0.0971. The Morgan fingerprint density at radius 2 is 1.64 bits per heavy atom. The number of rotatable bonds is 3. The van der Waals surface area contributed by atoms with Crippen LogP contribution in [0.4, 0.5) is 30.6 Å². The van der Waals surface area contributed by atoms with Crippen LogP contribution in [0, 0.1) is 6.92 Å². The fourth-order valence-electron chi connectivity index (χ4n) is 1.93. The number of hydrogen-bond donors (Lipinski definition) is 3. The van der Waals surface area contributed by atoms with Gasteiger partial charge in [0, 0.05) is 12.6 Å². The number of aromatic nitrogens is 4. The molecule has 0 fully saturated rings. The average molecular weight is 395 g/mol. The molecule has 8 nitrogen and oxygen atoms in total. The first kappa shape index (κ1) is 22.5. The number of halogens is 3. The van der Waals surface area contributed by atoms with Crippen molar-refractivity contribution in [2.45, 2.75) is 26.6 Å². The van der Waals surface area contributed by atoms with E-state index < -0.39 is 6.18 Å². The monoisotopic (exact) mass is 395 g/mol. The summed E-state index contributed by atoms with van der Waals surface area (Å²) in [6.07, 6.45) is -2.35. The summed E-state index contributed by atoms with van der Waals surface area (Å²) in [4.78, 5) is 24.5. The number of anilines is 3. The van der Waals surface area contributed by atoms with E-state index >= 15 is 0 Å². The average Bonchev–Trinajstić information content (AvgIpc) is 2.62. The number of aryl methyl sites for hydroxylation is 1. The Balaban J connectivity index is 0.000000490. The second-order valence-corrected chi connectivity index (χ2v) is 5.50. The van der Waals surface area contributed by atoms with Gasteiger partial charge < -0.3 is 21.6 Å². The summed E-state index contributed by atoms with van der Waals surface area (Å²) < 4.78 is 31.1. The molecule has 2 aromatic heterocycles. The van der Waals surface area contributed by atoms with Crippen LogP contribution in [0.3, 0.4) is 0 Å². The van der Waals surface area contributed by atoms with E-state index in [1.165, 1.54) is 5.56 Å². The number of carbonyl (C=O) groups excluding carboxylic acids is 1. The van der Waals surface area contributed by atoms with E-state index in [1.54, 1.807) is 6.20 Å². The molecule has 3 rings (SSSR count). The summed E-state index contributed by atoms with van der Waals surface area (Å²) in [7, 11) is 0. The van der Waals surface area contributed by atoms with Crippen LogP contribution in [0.2, 0.25) is 0 Å². The largest absolute Gasteiger partial charge is 0.386 e. The summed E-state index contributed by atoms with van der Waals surface area (Å²) in [5.74, 6) is 0.335. The van der Waals surface area contributed by atoms with Crippen LogP contribution in [0.5, 0.6) is 0 Å². The van der Waals surface area contributed by atoms with Crippen molar-refractivity contribution in [1.82, 2.24) is 19.9 Å². The van der Waals surface area contributed by atoms with Gasteiger partial charge in [-0.1, -0.05) is 17.7 Å². The fraction of sp³-hybridized carbons (Fsp3) is 0.235. The van der Waals surface area contributed by atoms with Gasteiger partial charge in [-0.15, -0.1) is 0 Å². The molecule has 0 unspecified atom stereocenters. The molecule has 0 spiro atoms. The van der Waals surface area contributed by atoms with E-state index in [9.17, 15) is 13.2 Å². The quantitative estimate of drug-likeness (QED) is 0.617. The van der Waals surface area contributed by atoms with E-state index in [2.05, 4.69) is 25.3 Å². The molecule has 11 heteroatoms. The molecular weight excluding hydrogens is 375 g/mol. The third-order valence-corrected chi connectivity index (χ3v) is 3.03. The molecule has 0 aliphatic rings. The van der Waals surface area contributed by atoms with Gasteiger partial charge in [0.25, 0.3) is 0 Å². The molecule has 1 aromatic carbocycles. The van der Waals surface area contributed by atoms with E-state index in [0.29, 0.717) is 17.7 Å². The first-order valence-corrected chi connectivity index (χ1v) is 7.82. The molecule has 0 atom stereocenters. The van der Waals surface area contributed by atoms with Crippen molar-refractivity contribution in [1.29, 1.82) is 0 Å². The maximum absolute atomic E-state index is 10.4. The highest BCUT2D eigenvalue weighted by molar-refractivity contribution is 5.81. The summed E-state index contributed by atoms with van der Waals surface area (Å²) in [5, 5.41) is 3.27. The summed E-state index contributed by atoms with van der Waals surface area (Å²) in [6.45, 7) is 4.77. The molecule has 0 bridgehead atoms. The maximum Gasteiger partial charge on any atom is 0.386 e. The van der Waals surface area contributed by atoms with Crippen molar-refractivity contribution in [2.24, 2.45) is 0 Å². The van der Waals surface area contributed by atoms with Crippen LogP contribution in [0.1, 0.15) is 18.2 Å². The predicted molar refractivity (Wildman–Crippen MR) is 101 cm³/mol. The SMILES string of the molecule is C=O.CC(F)(F)F.Cc1ccc(NCc2cnc3nc(N)nc(N)c3n2)cc1.